The number of benzene rings is 2. The molecule has 0 saturated carbocycles. The van der Waals surface area contributed by atoms with E-state index in [1.807, 2.05) is 42.5 Å². The monoisotopic (exact) mass is 771 g/mol. The van der Waals surface area contributed by atoms with Gasteiger partial charge in [-0.1, -0.05) is 47.6 Å². The van der Waals surface area contributed by atoms with Crippen LogP contribution in [-0.2, 0) is 39.2 Å². The molecule has 2 saturated heterocycles. The van der Waals surface area contributed by atoms with Gasteiger partial charge in [0.05, 0.1) is 13.2 Å². The van der Waals surface area contributed by atoms with E-state index in [2.05, 4.69) is 15.1 Å². The van der Waals surface area contributed by atoms with Gasteiger partial charge in [0.1, 0.15) is 48.9 Å². The third-order valence-electron chi connectivity index (χ3n) is 9.00. The lowest BCUT2D eigenvalue weighted by atomic mass is 10.0. The van der Waals surface area contributed by atoms with Crippen molar-refractivity contribution in [1.82, 2.24) is 24.3 Å². The number of phosphoric ester groups is 1. The number of nitrogens with zero attached hydrogens (tertiary/aromatic N) is 3. The Kier molecular flexibility index (Phi) is 10.7. The van der Waals surface area contributed by atoms with Gasteiger partial charge in [-0.2, -0.15) is 0 Å². The highest BCUT2D eigenvalue weighted by Crippen LogP contribution is 2.49. The predicted octanol–water partition coefficient (Wildman–Crippen LogP) is 0.146. The van der Waals surface area contributed by atoms with Crippen molar-refractivity contribution < 1.29 is 52.2 Å². The molecule has 54 heavy (non-hydrogen) atoms. The molecule has 5 heterocycles. The lowest BCUT2D eigenvalue weighted by Gasteiger charge is -2.25. The topological polar surface area (TPSA) is 269 Å². The van der Waals surface area contributed by atoms with Gasteiger partial charge >= 0.3 is 19.2 Å². The van der Waals surface area contributed by atoms with Crippen molar-refractivity contribution in [3.05, 3.63) is 120 Å². The molecule has 0 radical (unpaired) electrons. The van der Waals surface area contributed by atoms with Gasteiger partial charge in [0.25, 0.3) is 11.1 Å². The highest BCUT2D eigenvalue weighted by atomic mass is 31.2. The summed E-state index contributed by atoms with van der Waals surface area (Å²) in [5, 5.41) is 27.4. The molecule has 0 aliphatic carbocycles. The Morgan fingerprint density at radius 3 is 2.19 bits per heavy atom. The first-order valence-electron chi connectivity index (χ1n) is 16.4. The van der Waals surface area contributed by atoms with Crippen LogP contribution >= 0.6 is 7.82 Å². The van der Waals surface area contributed by atoms with Crippen molar-refractivity contribution in [1.29, 1.82) is 0 Å². The van der Waals surface area contributed by atoms with Crippen molar-refractivity contribution in [2.45, 2.75) is 55.7 Å². The van der Waals surface area contributed by atoms with Gasteiger partial charge in [-0.25, -0.2) is 14.2 Å². The minimum atomic E-state index is -5.08. The molecule has 2 aromatic carbocycles. The molecule has 1 unspecified atom stereocenters. The maximum Gasteiger partial charge on any atom is 0.472 e. The molecule has 2 aliphatic rings. The normalized spacial score (nSPS) is 26.7. The molecule has 2 fully saturated rings. The minimum Gasteiger partial charge on any atom is -0.394 e. The standard InChI is InChI=1S/C33H34N5O15P/c1-47-29-27(22(14-39)50-31(29)38-12-10-25(41)35-33(38)44)53-54(45,46)49-16-23-26(42)28(30(51-23)37-11-9-24(40)34-32(37)43)48-15-18-13-21(36-52-18)20-8-4-6-17-5-2-3-7-19(17)20/h2-13,22-23,26-31,39,42H,14-16H2,1H3,(H,45,46)(H,34,40,43)(H,35,41,44)/t22-,23-,26-,27-,28-,29-,30-,31-/m1/s1. The van der Waals surface area contributed by atoms with Crippen LogP contribution < -0.4 is 22.5 Å². The highest BCUT2D eigenvalue weighted by Gasteiger charge is 2.51. The number of aliphatic hydroxyl groups is 2. The summed E-state index contributed by atoms with van der Waals surface area (Å²) in [6.45, 7) is -1.77. The minimum absolute atomic E-state index is 0.255. The van der Waals surface area contributed by atoms with Crippen molar-refractivity contribution in [2.24, 2.45) is 0 Å². The molecule has 5 N–H and O–H groups in total. The van der Waals surface area contributed by atoms with E-state index in [1.165, 1.54) is 7.11 Å². The van der Waals surface area contributed by atoms with Crippen LogP contribution in [0.25, 0.3) is 22.0 Å². The first kappa shape index (κ1) is 37.5. The number of nitrogens with one attached hydrogen (secondary N) is 2. The number of ether oxygens (including phenoxy) is 4. The Labute approximate surface area is 302 Å². The molecule has 286 valence electrons. The van der Waals surface area contributed by atoms with Crippen LogP contribution in [0.4, 0.5) is 0 Å². The van der Waals surface area contributed by atoms with E-state index < -0.39 is 92.6 Å². The maximum atomic E-state index is 13.3. The molecule has 3 aromatic heterocycles. The van der Waals surface area contributed by atoms with Crippen LogP contribution in [0.1, 0.15) is 18.2 Å². The van der Waals surface area contributed by atoms with Crippen LogP contribution in [0.5, 0.6) is 0 Å². The van der Waals surface area contributed by atoms with E-state index in [1.54, 1.807) is 6.07 Å². The number of aromatic amines is 2. The lowest BCUT2D eigenvalue weighted by Crippen LogP contribution is -2.40. The number of hydrogen-bond acceptors (Lipinski definition) is 15. The van der Waals surface area contributed by atoms with E-state index in [0.717, 1.165) is 50.0 Å². The van der Waals surface area contributed by atoms with Crippen LogP contribution in [-0.4, -0.2) is 96.3 Å². The van der Waals surface area contributed by atoms with E-state index in [-0.39, 0.29) is 12.4 Å². The molecular formula is C33H34N5O15P. The Bertz CT molecular complexity index is 2400. The number of methoxy groups -OCH3 is 1. The third kappa shape index (κ3) is 7.57. The summed E-state index contributed by atoms with van der Waals surface area (Å²) in [6.07, 6.45) is -8.72. The quantitative estimate of drug-likeness (QED) is 0.0997. The second-order valence-corrected chi connectivity index (χ2v) is 13.8. The smallest absolute Gasteiger partial charge is 0.394 e. The van der Waals surface area contributed by atoms with Gasteiger partial charge in [-0.05, 0) is 10.8 Å². The summed E-state index contributed by atoms with van der Waals surface area (Å²) in [4.78, 5) is 63.4. The average molecular weight is 772 g/mol. The van der Waals surface area contributed by atoms with E-state index in [4.69, 9.17) is 32.5 Å². The Hall–Kier alpha value is -4.86. The third-order valence-corrected chi connectivity index (χ3v) is 9.99. The molecule has 5 aromatic rings. The summed E-state index contributed by atoms with van der Waals surface area (Å²) in [6, 6.07) is 17.2. The van der Waals surface area contributed by atoms with Crippen molar-refractivity contribution >= 4 is 18.6 Å². The zero-order chi connectivity index (χ0) is 38.1. The fourth-order valence-electron chi connectivity index (χ4n) is 6.46. The molecule has 2 aliphatic heterocycles. The summed E-state index contributed by atoms with van der Waals surface area (Å²) >= 11 is 0. The highest BCUT2D eigenvalue weighted by molar-refractivity contribution is 7.47. The molecule has 20 nitrogen and oxygen atoms in total. The Morgan fingerprint density at radius 1 is 0.870 bits per heavy atom. The van der Waals surface area contributed by atoms with Crippen LogP contribution in [0.2, 0.25) is 0 Å². The molecular weight excluding hydrogens is 737 g/mol. The van der Waals surface area contributed by atoms with E-state index in [9.17, 15) is 38.8 Å². The second kappa shape index (κ2) is 15.5. The number of aliphatic hydroxyl groups excluding tert-OH is 2. The summed E-state index contributed by atoms with van der Waals surface area (Å²) in [5.74, 6) is 0.262. The molecule has 0 spiro atoms. The number of aromatic nitrogens is 5. The largest absolute Gasteiger partial charge is 0.472 e. The summed E-state index contributed by atoms with van der Waals surface area (Å²) in [7, 11) is -3.87. The number of phosphoric acid groups is 1. The second-order valence-electron chi connectivity index (χ2n) is 12.4. The van der Waals surface area contributed by atoms with Gasteiger partial charge < -0.3 is 38.6 Å². The number of hydrogen-bond donors (Lipinski definition) is 5. The summed E-state index contributed by atoms with van der Waals surface area (Å²) < 4.78 is 54.3. The van der Waals surface area contributed by atoms with Crippen molar-refractivity contribution in [3.8, 4) is 11.3 Å². The van der Waals surface area contributed by atoms with E-state index in [0.29, 0.717) is 5.69 Å². The van der Waals surface area contributed by atoms with Gasteiger partial charge in [-0.3, -0.25) is 37.7 Å². The number of H-pyrrole nitrogens is 2. The first-order valence-corrected chi connectivity index (χ1v) is 17.9. The molecule has 7 rings (SSSR count). The predicted molar refractivity (Wildman–Crippen MR) is 183 cm³/mol. The SMILES string of the molecule is CO[C@@H]1[C@H](OP(=O)(O)OC[C@H]2O[C@@H](n3ccc(=O)[nH]c3=O)[C@H](OCc3cc(-c4cccc5ccccc45)no3)[C@@H]2O)[C@@H](CO)O[C@H]1n1ccc(=O)[nH]c1=O. The van der Waals surface area contributed by atoms with Gasteiger partial charge in [-0.15, -0.1) is 0 Å². The number of fused-ring (bicyclic) bond motifs is 1. The zero-order valence-corrected chi connectivity index (χ0v) is 29.1. The lowest BCUT2D eigenvalue weighted by molar-refractivity contribution is -0.0838. The van der Waals surface area contributed by atoms with Gasteiger partial charge in [0.2, 0.25) is 0 Å². The summed E-state index contributed by atoms with van der Waals surface area (Å²) in [5.41, 5.74) is -1.79. The fourth-order valence-corrected chi connectivity index (χ4v) is 7.42. The first-order chi connectivity index (χ1) is 26.0. The molecule has 0 bridgehead atoms. The van der Waals surface area contributed by atoms with Crippen molar-refractivity contribution in [3.63, 3.8) is 0 Å². The van der Waals surface area contributed by atoms with Crippen molar-refractivity contribution in [2.75, 3.05) is 20.3 Å². The van der Waals surface area contributed by atoms with Gasteiger partial charge in [0.15, 0.2) is 18.2 Å². The molecule has 9 atom stereocenters. The number of rotatable bonds is 13. The maximum absolute atomic E-state index is 13.3. The average Bonchev–Trinajstić information content (AvgIpc) is 3.84. The molecule has 21 heteroatoms. The van der Waals surface area contributed by atoms with Crippen LogP contribution in [0.15, 0.2) is 96.8 Å². The molecule has 0 amide bonds. The van der Waals surface area contributed by atoms with Crippen LogP contribution in [0, 0.1) is 0 Å². The van der Waals surface area contributed by atoms with E-state index >= 15 is 0 Å². The fraction of sp³-hybridized carbons (Fsp3) is 0.364. The van der Waals surface area contributed by atoms with Gasteiger partial charge in [0, 0.05) is 43.3 Å². The zero-order valence-electron chi connectivity index (χ0n) is 28.2. The Morgan fingerprint density at radius 2 is 1.52 bits per heavy atom. The Balaban J connectivity index is 1.06. The van der Waals surface area contributed by atoms with Crippen LogP contribution in [0.3, 0.4) is 0 Å².